The fourth-order valence-corrected chi connectivity index (χ4v) is 6.13. The number of carboxylic acids is 1. The van der Waals surface area contributed by atoms with Crippen molar-refractivity contribution >= 4 is 22.7 Å². The summed E-state index contributed by atoms with van der Waals surface area (Å²) in [5, 5.41) is 14.9. The Kier molecular flexibility index (Phi) is 11.8. The van der Waals surface area contributed by atoms with Crippen molar-refractivity contribution < 1.29 is 14.6 Å². The highest BCUT2D eigenvalue weighted by molar-refractivity contribution is 5.91. The molecule has 3 aromatic rings. The summed E-state index contributed by atoms with van der Waals surface area (Å²) in [6.07, 6.45) is 25.7. The van der Waals surface area contributed by atoms with Crippen LogP contribution in [0.4, 0.5) is 0 Å². The van der Waals surface area contributed by atoms with Gasteiger partial charge in [0.05, 0.1) is 17.6 Å². The molecular weight excluding hydrogens is 526 g/mol. The van der Waals surface area contributed by atoms with Crippen molar-refractivity contribution in [2.75, 3.05) is 6.61 Å². The zero-order valence-electron chi connectivity index (χ0n) is 26.2. The van der Waals surface area contributed by atoms with E-state index in [4.69, 9.17) is 4.74 Å². The van der Waals surface area contributed by atoms with Crippen LogP contribution in [0.15, 0.2) is 37.1 Å². The zero-order chi connectivity index (χ0) is 30.0. The van der Waals surface area contributed by atoms with Gasteiger partial charge in [-0.15, -0.1) is 0 Å². The first-order valence-corrected chi connectivity index (χ1v) is 16.2. The van der Waals surface area contributed by atoms with Gasteiger partial charge < -0.3 is 14.4 Å². The summed E-state index contributed by atoms with van der Waals surface area (Å²) < 4.78 is 9.96. The summed E-state index contributed by atoms with van der Waals surface area (Å²) in [4.78, 5) is 20.7. The van der Waals surface area contributed by atoms with Crippen LogP contribution in [0.2, 0.25) is 0 Å². The first kappa shape index (κ1) is 31.9. The van der Waals surface area contributed by atoms with Crippen LogP contribution in [-0.2, 0) is 9.53 Å². The van der Waals surface area contributed by atoms with E-state index < -0.39 is 5.97 Å². The molecule has 0 saturated heterocycles. The van der Waals surface area contributed by atoms with E-state index in [9.17, 15) is 9.90 Å². The largest absolute Gasteiger partial charge is 0.478 e. The van der Waals surface area contributed by atoms with E-state index in [1.54, 1.807) is 17.2 Å². The standard InChI is InChI=1S/C34H51N5O3/c1-26(42-21-15-11-9-7-5-6-8-10-14-19-34(2,3)4)38-20-18-29-32(35-25-36-33(29)38)28-23-37-39(24-28)30(22-31(40)41)27-16-12-13-17-27/h18,20,22-27H,5-17,19,21H2,1-4H3,(H,40,41)/b30-22+. The molecule has 1 saturated carbocycles. The highest BCUT2D eigenvalue weighted by Gasteiger charge is 2.23. The third kappa shape index (κ3) is 9.25. The molecule has 4 rings (SSSR count). The Labute approximate surface area is 251 Å². The van der Waals surface area contributed by atoms with Crippen molar-refractivity contribution in [2.24, 2.45) is 11.3 Å². The van der Waals surface area contributed by atoms with Crippen LogP contribution < -0.4 is 0 Å². The lowest BCUT2D eigenvalue weighted by molar-refractivity contribution is -0.131. The van der Waals surface area contributed by atoms with Crippen molar-refractivity contribution in [1.82, 2.24) is 24.3 Å². The molecule has 0 radical (unpaired) electrons. The first-order chi connectivity index (χ1) is 20.2. The molecule has 1 atom stereocenters. The maximum Gasteiger partial charge on any atom is 0.330 e. The number of aliphatic carboxylic acids is 1. The monoisotopic (exact) mass is 577 g/mol. The summed E-state index contributed by atoms with van der Waals surface area (Å²) in [5.74, 6) is -0.728. The van der Waals surface area contributed by atoms with Gasteiger partial charge in [-0.3, -0.25) is 0 Å². The molecule has 1 aliphatic carbocycles. The van der Waals surface area contributed by atoms with E-state index >= 15 is 0 Å². The highest BCUT2D eigenvalue weighted by Crippen LogP contribution is 2.35. The predicted molar refractivity (Wildman–Crippen MR) is 169 cm³/mol. The number of allylic oxidation sites excluding steroid dienone is 1. The Morgan fingerprint density at radius 3 is 2.38 bits per heavy atom. The minimum Gasteiger partial charge on any atom is -0.478 e. The summed E-state index contributed by atoms with van der Waals surface area (Å²) in [6, 6.07) is 2.02. The lowest BCUT2D eigenvalue weighted by Gasteiger charge is -2.17. The van der Waals surface area contributed by atoms with Gasteiger partial charge in [0.2, 0.25) is 0 Å². The topological polar surface area (TPSA) is 95.1 Å². The maximum atomic E-state index is 11.5. The smallest absolute Gasteiger partial charge is 0.330 e. The molecule has 3 heterocycles. The molecule has 8 heteroatoms. The summed E-state index contributed by atoms with van der Waals surface area (Å²) in [7, 11) is 0. The van der Waals surface area contributed by atoms with Crippen LogP contribution in [0.25, 0.3) is 28.0 Å². The molecule has 0 amide bonds. The van der Waals surface area contributed by atoms with Gasteiger partial charge in [0, 0.05) is 41.9 Å². The van der Waals surface area contributed by atoms with Gasteiger partial charge in [-0.1, -0.05) is 85.0 Å². The lowest BCUT2D eigenvalue weighted by Crippen LogP contribution is -2.10. The fraction of sp³-hybridized carbons (Fsp3) is 0.647. The molecule has 1 unspecified atom stereocenters. The molecule has 0 aromatic carbocycles. The Bertz CT molecular complexity index is 1300. The molecule has 0 spiro atoms. The predicted octanol–water partition coefficient (Wildman–Crippen LogP) is 8.89. The van der Waals surface area contributed by atoms with E-state index in [0.717, 1.165) is 66.7 Å². The summed E-state index contributed by atoms with van der Waals surface area (Å²) in [6.45, 7) is 9.79. The van der Waals surface area contributed by atoms with E-state index in [-0.39, 0.29) is 12.1 Å². The number of unbranched alkanes of at least 4 members (excludes halogenated alkanes) is 8. The quantitative estimate of drug-likeness (QED) is 0.127. The average Bonchev–Trinajstić information content (AvgIpc) is 3.72. The minimum absolute atomic E-state index is 0.131. The molecule has 0 aliphatic heterocycles. The number of hydrogen-bond donors (Lipinski definition) is 1. The molecule has 1 fully saturated rings. The number of carbonyl (C=O) groups is 1. The first-order valence-electron chi connectivity index (χ1n) is 16.2. The van der Waals surface area contributed by atoms with Gasteiger partial charge in [-0.25, -0.2) is 19.4 Å². The number of ether oxygens (including phenoxy) is 1. The molecule has 0 bridgehead atoms. The Morgan fingerprint density at radius 2 is 1.71 bits per heavy atom. The number of hydrogen-bond acceptors (Lipinski definition) is 5. The molecule has 230 valence electrons. The molecule has 1 N–H and O–H groups in total. The second kappa shape index (κ2) is 15.5. The maximum absolute atomic E-state index is 11.5. The Balaban J connectivity index is 1.25. The third-order valence-corrected chi connectivity index (χ3v) is 8.50. The van der Waals surface area contributed by atoms with Crippen LogP contribution in [0.3, 0.4) is 0 Å². The number of carboxylic acid groups (broad SMARTS) is 1. The van der Waals surface area contributed by atoms with Gasteiger partial charge in [0.25, 0.3) is 0 Å². The normalized spacial score (nSPS) is 15.6. The molecular formula is C34H51N5O3. The Hall–Kier alpha value is -3.00. The van der Waals surface area contributed by atoms with Crippen molar-refractivity contribution in [3.05, 3.63) is 37.1 Å². The number of rotatable bonds is 17. The molecule has 3 aromatic heterocycles. The van der Waals surface area contributed by atoms with Gasteiger partial charge in [0.15, 0.2) is 0 Å². The zero-order valence-corrected chi connectivity index (χ0v) is 26.2. The second-order valence-electron chi connectivity index (χ2n) is 13.2. The van der Waals surface area contributed by atoms with E-state index in [1.165, 1.54) is 63.9 Å². The summed E-state index contributed by atoms with van der Waals surface area (Å²) in [5.41, 5.74) is 3.65. The van der Waals surface area contributed by atoms with Gasteiger partial charge in [-0.2, -0.15) is 5.10 Å². The molecule has 42 heavy (non-hydrogen) atoms. The van der Waals surface area contributed by atoms with Gasteiger partial charge >= 0.3 is 5.97 Å². The van der Waals surface area contributed by atoms with Gasteiger partial charge in [-0.05, 0) is 44.1 Å². The van der Waals surface area contributed by atoms with Crippen molar-refractivity contribution in [3.8, 4) is 11.3 Å². The average molecular weight is 578 g/mol. The third-order valence-electron chi connectivity index (χ3n) is 8.50. The fourth-order valence-electron chi connectivity index (χ4n) is 6.13. The number of nitrogens with zero attached hydrogens (tertiary/aromatic N) is 5. The Morgan fingerprint density at radius 1 is 1.05 bits per heavy atom. The SMILES string of the molecule is CC(OCCCCCCCCCCCC(C)(C)C)n1ccc2c(-c3cnn(/C(=C/C(=O)O)C4CCCC4)c3)ncnc21. The van der Waals surface area contributed by atoms with Crippen LogP contribution in [0, 0.1) is 11.3 Å². The minimum atomic E-state index is -0.943. The molecule has 1 aliphatic rings. The van der Waals surface area contributed by atoms with E-state index in [2.05, 4.69) is 47.3 Å². The molecule has 8 nitrogen and oxygen atoms in total. The summed E-state index contributed by atoms with van der Waals surface area (Å²) >= 11 is 0. The van der Waals surface area contributed by atoms with Crippen LogP contribution in [0.1, 0.15) is 124 Å². The highest BCUT2D eigenvalue weighted by atomic mass is 16.5. The van der Waals surface area contributed by atoms with Crippen molar-refractivity contribution in [2.45, 2.75) is 124 Å². The van der Waals surface area contributed by atoms with Gasteiger partial charge in [0.1, 0.15) is 18.2 Å². The number of aromatic nitrogens is 5. The second-order valence-corrected chi connectivity index (χ2v) is 13.2. The van der Waals surface area contributed by atoms with E-state index in [0.29, 0.717) is 5.41 Å². The van der Waals surface area contributed by atoms with Crippen LogP contribution in [0.5, 0.6) is 0 Å². The number of fused-ring (bicyclic) bond motifs is 1. The van der Waals surface area contributed by atoms with Crippen LogP contribution in [-0.4, -0.2) is 42.0 Å². The van der Waals surface area contributed by atoms with Crippen LogP contribution >= 0.6 is 0 Å². The lowest BCUT2D eigenvalue weighted by atomic mass is 9.89. The van der Waals surface area contributed by atoms with Crippen molar-refractivity contribution in [3.63, 3.8) is 0 Å². The van der Waals surface area contributed by atoms with E-state index in [1.807, 2.05) is 18.5 Å². The van der Waals surface area contributed by atoms with Crippen molar-refractivity contribution in [1.29, 1.82) is 0 Å².